The molecule has 5 rings (SSSR count). The van der Waals surface area contributed by atoms with Crippen molar-refractivity contribution in [1.82, 2.24) is 40.2 Å². The van der Waals surface area contributed by atoms with Crippen molar-refractivity contribution in [2.45, 2.75) is 38.5 Å². The first kappa shape index (κ1) is 34.0. The van der Waals surface area contributed by atoms with Crippen molar-refractivity contribution < 1.29 is 19.4 Å². The number of para-hydroxylation sites is 1. The molecule has 15 nitrogen and oxygen atoms in total. The average molecular weight is 658 g/mol. The average Bonchev–Trinajstić information content (AvgIpc) is 3.54. The number of aromatic nitrogens is 6. The molecule has 254 valence electrons. The lowest BCUT2D eigenvalue weighted by atomic mass is 10.1. The van der Waals surface area contributed by atoms with Gasteiger partial charge in [0.1, 0.15) is 12.1 Å². The van der Waals surface area contributed by atoms with Crippen molar-refractivity contribution in [2.24, 2.45) is 7.05 Å². The van der Waals surface area contributed by atoms with Crippen LogP contribution in [0.4, 0.5) is 28.7 Å². The molecule has 0 spiro atoms. The summed E-state index contributed by atoms with van der Waals surface area (Å²) in [4.78, 5) is 37.1. The third-order valence-electron chi connectivity index (χ3n) is 8.17. The normalized spacial score (nSPS) is 13.3. The minimum absolute atomic E-state index is 0.115. The molecule has 0 unspecified atom stereocenters. The number of ether oxygens (including phenoxy) is 1. The second-order valence-corrected chi connectivity index (χ2v) is 11.6. The summed E-state index contributed by atoms with van der Waals surface area (Å²) in [5.74, 6) is 0.917. The van der Waals surface area contributed by atoms with Crippen molar-refractivity contribution in [2.75, 3.05) is 62.4 Å². The number of unbranched alkanes of at least 4 members (excludes halogenated alkanes) is 4. The fraction of sp³-hybridized carbons (Fsp3) is 0.424. The Morgan fingerprint density at radius 1 is 0.917 bits per heavy atom. The first-order valence-electron chi connectivity index (χ1n) is 16.2. The van der Waals surface area contributed by atoms with E-state index in [-0.39, 0.29) is 12.1 Å². The maximum atomic E-state index is 12.7. The number of aryl methyl sites for hydroxylation is 1. The minimum Gasteiger partial charge on any atom is -0.494 e. The molecule has 1 aromatic carbocycles. The van der Waals surface area contributed by atoms with E-state index in [1.807, 2.05) is 36.5 Å². The van der Waals surface area contributed by atoms with Crippen LogP contribution in [0.1, 0.15) is 49.0 Å². The molecule has 15 heteroatoms. The third kappa shape index (κ3) is 8.94. The standard InChI is InChI=1S/C33H43N11O4/c1-34-33(47)30-26(37-25-11-9-10-24(31(25)48-3)32-36-22-42(2)41-32)20-28(39-40-30)38-27-14-13-23(21-35-27)44-18-16-43(17-19-44)15-8-6-4-5-7-12-29(45)46/h9-11,13-14,20-22H,4-8,12,15-19H2,1-3H3,(H,34,47)(H,45,46)(H2,35,37,38,39). The van der Waals surface area contributed by atoms with Gasteiger partial charge in [0, 0.05) is 52.8 Å². The van der Waals surface area contributed by atoms with Crippen LogP contribution in [0.5, 0.6) is 5.75 Å². The number of nitrogens with one attached hydrogen (secondary N) is 3. The summed E-state index contributed by atoms with van der Waals surface area (Å²) in [5, 5.41) is 30.7. The van der Waals surface area contributed by atoms with E-state index >= 15 is 0 Å². The Labute approximate surface area is 279 Å². The van der Waals surface area contributed by atoms with Gasteiger partial charge >= 0.3 is 5.97 Å². The Balaban J connectivity index is 1.19. The van der Waals surface area contributed by atoms with E-state index < -0.39 is 11.9 Å². The number of amides is 1. The van der Waals surface area contributed by atoms with Gasteiger partial charge in [-0.1, -0.05) is 25.3 Å². The van der Waals surface area contributed by atoms with Gasteiger partial charge in [-0.05, 0) is 43.7 Å². The van der Waals surface area contributed by atoms with E-state index in [0.717, 1.165) is 70.5 Å². The number of piperazine rings is 1. The summed E-state index contributed by atoms with van der Waals surface area (Å²) in [7, 11) is 4.90. The molecule has 3 aromatic heterocycles. The van der Waals surface area contributed by atoms with E-state index in [1.54, 1.807) is 31.2 Å². The molecule has 0 aliphatic carbocycles. The molecule has 1 fully saturated rings. The lowest BCUT2D eigenvalue weighted by Crippen LogP contribution is -2.46. The van der Waals surface area contributed by atoms with Crippen LogP contribution < -0.4 is 25.6 Å². The van der Waals surface area contributed by atoms with E-state index in [1.165, 1.54) is 7.05 Å². The van der Waals surface area contributed by atoms with Crippen molar-refractivity contribution in [3.05, 3.63) is 54.6 Å². The molecular formula is C33H43N11O4. The highest BCUT2D eigenvalue weighted by Gasteiger charge is 2.20. The number of carbonyl (C=O) groups excluding carboxylic acids is 1. The zero-order chi connectivity index (χ0) is 33.9. The first-order chi connectivity index (χ1) is 23.3. The lowest BCUT2D eigenvalue weighted by molar-refractivity contribution is -0.137. The number of carbonyl (C=O) groups is 2. The molecule has 48 heavy (non-hydrogen) atoms. The molecule has 0 radical (unpaired) electrons. The Hall–Kier alpha value is -5.31. The molecule has 4 N–H and O–H groups in total. The molecule has 0 atom stereocenters. The van der Waals surface area contributed by atoms with E-state index in [0.29, 0.717) is 40.1 Å². The quantitative estimate of drug-likeness (QED) is 0.127. The number of carboxylic acid groups (broad SMARTS) is 1. The Morgan fingerprint density at radius 3 is 2.40 bits per heavy atom. The fourth-order valence-corrected chi connectivity index (χ4v) is 5.62. The first-order valence-corrected chi connectivity index (χ1v) is 16.2. The van der Waals surface area contributed by atoms with Gasteiger partial charge in [0.25, 0.3) is 5.91 Å². The predicted octanol–water partition coefficient (Wildman–Crippen LogP) is 4.07. The van der Waals surface area contributed by atoms with Crippen LogP contribution in [-0.4, -0.2) is 98.7 Å². The second kappa shape index (κ2) is 16.5. The van der Waals surface area contributed by atoms with Gasteiger partial charge in [-0.25, -0.2) is 9.97 Å². The monoisotopic (exact) mass is 657 g/mol. The van der Waals surface area contributed by atoms with Crippen LogP contribution in [0.25, 0.3) is 11.4 Å². The van der Waals surface area contributed by atoms with Crippen LogP contribution in [0, 0.1) is 0 Å². The zero-order valence-electron chi connectivity index (χ0n) is 27.6. The summed E-state index contributed by atoms with van der Waals surface area (Å²) in [5.41, 5.74) is 2.88. The van der Waals surface area contributed by atoms with E-state index in [2.05, 4.69) is 51.0 Å². The fourth-order valence-electron chi connectivity index (χ4n) is 5.62. The Bertz CT molecular complexity index is 1670. The van der Waals surface area contributed by atoms with Crippen LogP contribution in [0.2, 0.25) is 0 Å². The van der Waals surface area contributed by atoms with Gasteiger partial charge < -0.3 is 30.7 Å². The Morgan fingerprint density at radius 2 is 1.71 bits per heavy atom. The molecule has 1 aliphatic heterocycles. The van der Waals surface area contributed by atoms with Crippen molar-refractivity contribution in [1.29, 1.82) is 0 Å². The summed E-state index contributed by atoms with van der Waals surface area (Å²) in [6.45, 7) is 4.91. The van der Waals surface area contributed by atoms with Gasteiger partial charge in [0.15, 0.2) is 23.1 Å². The molecule has 1 amide bonds. The molecule has 0 saturated carbocycles. The van der Waals surface area contributed by atoms with E-state index in [9.17, 15) is 9.59 Å². The second-order valence-electron chi connectivity index (χ2n) is 11.6. The van der Waals surface area contributed by atoms with Gasteiger partial charge in [0.2, 0.25) is 0 Å². The van der Waals surface area contributed by atoms with Gasteiger partial charge in [-0.3, -0.25) is 19.2 Å². The highest BCUT2D eigenvalue weighted by molar-refractivity contribution is 5.99. The smallest absolute Gasteiger partial charge is 0.303 e. The number of anilines is 5. The third-order valence-corrected chi connectivity index (χ3v) is 8.17. The van der Waals surface area contributed by atoms with Crippen LogP contribution >= 0.6 is 0 Å². The summed E-state index contributed by atoms with van der Waals surface area (Å²) >= 11 is 0. The predicted molar refractivity (Wildman–Crippen MR) is 183 cm³/mol. The number of hydrogen-bond acceptors (Lipinski definition) is 12. The number of nitrogens with zero attached hydrogens (tertiary/aromatic N) is 8. The summed E-state index contributed by atoms with van der Waals surface area (Å²) < 4.78 is 7.35. The highest BCUT2D eigenvalue weighted by atomic mass is 16.5. The zero-order valence-corrected chi connectivity index (χ0v) is 27.6. The van der Waals surface area contributed by atoms with Crippen molar-refractivity contribution >= 4 is 40.6 Å². The number of pyridine rings is 1. The number of hydrogen-bond donors (Lipinski definition) is 4. The highest BCUT2D eigenvalue weighted by Crippen LogP contribution is 2.37. The van der Waals surface area contributed by atoms with Crippen LogP contribution in [0.15, 0.2) is 48.9 Å². The molecule has 0 bridgehead atoms. The summed E-state index contributed by atoms with van der Waals surface area (Å²) in [6.07, 6.45) is 8.86. The molecular weight excluding hydrogens is 614 g/mol. The number of rotatable bonds is 16. The molecule has 4 heterocycles. The number of benzene rings is 1. The molecule has 4 aromatic rings. The lowest BCUT2D eigenvalue weighted by Gasteiger charge is -2.36. The largest absolute Gasteiger partial charge is 0.494 e. The topological polar surface area (TPSA) is 176 Å². The number of aliphatic carboxylic acids is 1. The van der Waals surface area contributed by atoms with E-state index in [4.69, 9.17) is 9.84 Å². The van der Waals surface area contributed by atoms with Gasteiger partial charge in [-0.15, -0.1) is 10.2 Å². The van der Waals surface area contributed by atoms with Crippen LogP contribution in [-0.2, 0) is 11.8 Å². The Kier molecular flexibility index (Phi) is 11.7. The van der Waals surface area contributed by atoms with Crippen LogP contribution in [0.3, 0.4) is 0 Å². The maximum absolute atomic E-state index is 12.7. The number of methoxy groups -OCH3 is 1. The van der Waals surface area contributed by atoms with Gasteiger partial charge in [-0.2, -0.15) is 5.10 Å². The SMILES string of the molecule is CNC(=O)c1nnc(Nc2ccc(N3CCN(CCCCCCCC(=O)O)CC3)cn2)cc1Nc1cccc(-c2ncn(C)n2)c1OC. The number of carboxylic acids is 1. The van der Waals surface area contributed by atoms with Gasteiger partial charge in [0.05, 0.1) is 35.9 Å². The van der Waals surface area contributed by atoms with Crippen molar-refractivity contribution in [3.63, 3.8) is 0 Å². The van der Waals surface area contributed by atoms with Crippen molar-refractivity contribution in [3.8, 4) is 17.1 Å². The minimum atomic E-state index is -0.709. The summed E-state index contributed by atoms with van der Waals surface area (Å²) in [6, 6.07) is 11.2. The molecule has 1 aliphatic rings. The molecule has 1 saturated heterocycles. The maximum Gasteiger partial charge on any atom is 0.303 e.